The van der Waals surface area contributed by atoms with E-state index in [-0.39, 0.29) is 0 Å². The second kappa shape index (κ2) is 4.53. The highest BCUT2D eigenvalue weighted by Crippen LogP contribution is 2.33. The summed E-state index contributed by atoms with van der Waals surface area (Å²) < 4.78 is 0. The Morgan fingerprint density at radius 1 is 1.45 bits per heavy atom. The van der Waals surface area contributed by atoms with Crippen LogP contribution >= 0.6 is 0 Å². The highest BCUT2D eigenvalue weighted by Gasteiger charge is 2.24. The van der Waals surface area contributed by atoms with Crippen LogP contribution in [0.3, 0.4) is 0 Å². The maximum Gasteiger partial charge on any atom is -0.00140 e. The average Bonchev–Trinajstić information content (AvgIpc) is 2.47. The maximum absolute atomic E-state index is 7.24. The van der Waals surface area contributed by atoms with E-state index in [2.05, 4.69) is 6.92 Å². The second-order valence-electron chi connectivity index (χ2n) is 3.66. The number of unbranched alkanes of at least 4 members (excludes halogenated alkanes) is 1. The van der Waals surface area contributed by atoms with Crippen LogP contribution in [0.5, 0.6) is 0 Å². The highest BCUT2D eigenvalue weighted by molar-refractivity contribution is 5.57. The molecular formula is C10H19N. The van der Waals surface area contributed by atoms with E-state index < -0.39 is 0 Å². The zero-order valence-electron chi connectivity index (χ0n) is 7.47. The normalized spacial score (nSPS) is 30.6. The van der Waals surface area contributed by atoms with Gasteiger partial charge in [0.15, 0.2) is 0 Å². The molecule has 64 valence electrons. The molecule has 0 heterocycles. The predicted octanol–water partition coefficient (Wildman–Crippen LogP) is 3.24. The van der Waals surface area contributed by atoms with E-state index >= 15 is 0 Å². The molecule has 0 aromatic rings. The lowest BCUT2D eigenvalue weighted by Gasteiger charge is -2.13. The molecule has 1 nitrogen and oxygen atoms in total. The third-order valence-corrected chi connectivity index (χ3v) is 2.86. The van der Waals surface area contributed by atoms with Gasteiger partial charge in [-0.05, 0) is 37.3 Å². The van der Waals surface area contributed by atoms with Crippen LogP contribution in [0.25, 0.3) is 0 Å². The van der Waals surface area contributed by atoms with Gasteiger partial charge in [-0.25, -0.2) is 0 Å². The minimum atomic E-state index is 0.626. The molecule has 1 aliphatic carbocycles. The van der Waals surface area contributed by atoms with Gasteiger partial charge in [0, 0.05) is 0 Å². The van der Waals surface area contributed by atoms with Crippen LogP contribution < -0.4 is 0 Å². The first-order valence-electron chi connectivity index (χ1n) is 4.89. The van der Waals surface area contributed by atoms with Crippen molar-refractivity contribution in [1.82, 2.24) is 0 Å². The van der Waals surface area contributed by atoms with Crippen LogP contribution in [0.15, 0.2) is 0 Å². The van der Waals surface area contributed by atoms with Gasteiger partial charge in [-0.3, -0.25) is 0 Å². The molecule has 0 bridgehead atoms. The van der Waals surface area contributed by atoms with E-state index in [4.69, 9.17) is 5.41 Å². The first kappa shape index (κ1) is 8.76. The summed E-state index contributed by atoms with van der Waals surface area (Å²) >= 11 is 0. The first-order valence-corrected chi connectivity index (χ1v) is 4.89. The van der Waals surface area contributed by atoms with E-state index in [1.165, 1.54) is 38.5 Å². The van der Waals surface area contributed by atoms with Crippen LogP contribution in [-0.2, 0) is 0 Å². The smallest absolute Gasteiger partial charge is 0.00140 e. The summed E-state index contributed by atoms with van der Waals surface area (Å²) in [6.07, 6.45) is 9.70. The van der Waals surface area contributed by atoms with E-state index in [0.29, 0.717) is 5.92 Å². The summed E-state index contributed by atoms with van der Waals surface area (Å²) in [6.45, 7) is 2.24. The average molecular weight is 153 g/mol. The Balaban J connectivity index is 2.25. The lowest BCUT2D eigenvalue weighted by Crippen LogP contribution is -2.08. The molecular weight excluding hydrogens is 134 g/mol. The van der Waals surface area contributed by atoms with E-state index in [9.17, 15) is 0 Å². The van der Waals surface area contributed by atoms with Gasteiger partial charge in [-0.15, -0.1) is 0 Å². The third kappa shape index (κ3) is 2.32. The van der Waals surface area contributed by atoms with Crippen molar-refractivity contribution in [3.8, 4) is 0 Å². The van der Waals surface area contributed by atoms with Crippen LogP contribution in [0, 0.1) is 17.2 Å². The largest absolute Gasteiger partial charge is 0.313 e. The van der Waals surface area contributed by atoms with Crippen molar-refractivity contribution in [1.29, 1.82) is 5.41 Å². The minimum absolute atomic E-state index is 0.626. The molecule has 0 amide bonds. The van der Waals surface area contributed by atoms with Gasteiger partial charge in [-0.1, -0.05) is 26.2 Å². The molecule has 0 saturated heterocycles. The topological polar surface area (TPSA) is 23.9 Å². The molecule has 0 radical (unpaired) electrons. The monoisotopic (exact) mass is 153 g/mol. The van der Waals surface area contributed by atoms with Crippen molar-refractivity contribution in [2.45, 2.75) is 45.4 Å². The van der Waals surface area contributed by atoms with E-state index in [1.807, 2.05) is 0 Å². The summed E-state index contributed by atoms with van der Waals surface area (Å²) in [4.78, 5) is 0. The fraction of sp³-hybridized carbons (Fsp3) is 0.900. The number of rotatable bonds is 4. The molecule has 1 rings (SSSR count). The molecule has 0 aromatic carbocycles. The summed E-state index contributed by atoms with van der Waals surface area (Å²) in [5.74, 6) is 1.48. The molecule has 2 unspecified atom stereocenters. The van der Waals surface area contributed by atoms with Gasteiger partial charge < -0.3 is 5.41 Å². The zero-order valence-corrected chi connectivity index (χ0v) is 7.47. The number of hydrogen-bond donors (Lipinski definition) is 1. The zero-order chi connectivity index (χ0) is 8.10. The fourth-order valence-corrected chi connectivity index (χ4v) is 2.11. The summed E-state index contributed by atoms with van der Waals surface area (Å²) in [6, 6.07) is 0. The van der Waals surface area contributed by atoms with Gasteiger partial charge in [0.05, 0.1) is 0 Å². The Kier molecular flexibility index (Phi) is 3.61. The molecule has 1 heteroatoms. The standard InChI is InChI=1S/C10H19N/c1-2-3-5-9-6-4-7-10(9)8-11/h8-11H,2-7H2,1H3. The Hall–Kier alpha value is -0.330. The molecule has 2 atom stereocenters. The fourth-order valence-electron chi connectivity index (χ4n) is 2.11. The Labute approximate surface area is 69.7 Å². The molecule has 0 spiro atoms. The molecule has 1 aliphatic rings. The summed E-state index contributed by atoms with van der Waals surface area (Å²) in [5, 5.41) is 7.24. The minimum Gasteiger partial charge on any atom is -0.313 e. The molecule has 1 N–H and O–H groups in total. The molecule has 11 heavy (non-hydrogen) atoms. The molecule has 0 aromatic heterocycles. The van der Waals surface area contributed by atoms with Crippen molar-refractivity contribution in [2.75, 3.05) is 0 Å². The van der Waals surface area contributed by atoms with Gasteiger partial charge in [0.1, 0.15) is 0 Å². The molecule has 0 aliphatic heterocycles. The Bertz CT molecular complexity index is 120. The van der Waals surface area contributed by atoms with Gasteiger partial charge in [0.2, 0.25) is 0 Å². The molecule has 1 fully saturated rings. The van der Waals surface area contributed by atoms with Gasteiger partial charge in [0.25, 0.3) is 0 Å². The number of hydrogen-bond acceptors (Lipinski definition) is 1. The van der Waals surface area contributed by atoms with E-state index in [1.54, 1.807) is 6.21 Å². The van der Waals surface area contributed by atoms with Gasteiger partial charge >= 0.3 is 0 Å². The van der Waals surface area contributed by atoms with Crippen molar-refractivity contribution in [3.05, 3.63) is 0 Å². The van der Waals surface area contributed by atoms with Crippen molar-refractivity contribution < 1.29 is 0 Å². The third-order valence-electron chi connectivity index (χ3n) is 2.86. The quantitative estimate of drug-likeness (QED) is 0.599. The Morgan fingerprint density at radius 3 is 2.91 bits per heavy atom. The van der Waals surface area contributed by atoms with Crippen molar-refractivity contribution in [3.63, 3.8) is 0 Å². The SMILES string of the molecule is CCCCC1CCCC1C=N. The highest BCUT2D eigenvalue weighted by atomic mass is 14.4. The van der Waals surface area contributed by atoms with Crippen LogP contribution in [0.1, 0.15) is 45.4 Å². The van der Waals surface area contributed by atoms with Crippen LogP contribution in [0.2, 0.25) is 0 Å². The lowest BCUT2D eigenvalue weighted by atomic mass is 9.92. The maximum atomic E-state index is 7.24. The second-order valence-corrected chi connectivity index (χ2v) is 3.66. The van der Waals surface area contributed by atoms with Gasteiger partial charge in [-0.2, -0.15) is 0 Å². The van der Waals surface area contributed by atoms with Crippen LogP contribution in [-0.4, -0.2) is 6.21 Å². The predicted molar refractivity (Wildman–Crippen MR) is 49.1 cm³/mol. The molecule has 1 saturated carbocycles. The summed E-state index contributed by atoms with van der Waals surface area (Å²) in [7, 11) is 0. The first-order chi connectivity index (χ1) is 5.38. The number of nitrogens with one attached hydrogen (secondary N) is 1. The van der Waals surface area contributed by atoms with Crippen LogP contribution in [0.4, 0.5) is 0 Å². The summed E-state index contributed by atoms with van der Waals surface area (Å²) in [5.41, 5.74) is 0. The Morgan fingerprint density at radius 2 is 2.27 bits per heavy atom. The van der Waals surface area contributed by atoms with E-state index in [0.717, 1.165) is 5.92 Å². The van der Waals surface area contributed by atoms with Crippen molar-refractivity contribution in [2.24, 2.45) is 11.8 Å². The van der Waals surface area contributed by atoms with Crippen molar-refractivity contribution >= 4 is 6.21 Å². The lowest BCUT2D eigenvalue weighted by molar-refractivity contribution is 0.433.